The van der Waals surface area contributed by atoms with Crippen molar-refractivity contribution in [2.45, 2.75) is 11.1 Å². The normalized spacial score (nSPS) is 11.7. The van der Waals surface area contributed by atoms with E-state index >= 15 is 0 Å². The molecule has 0 aliphatic heterocycles. The van der Waals surface area contributed by atoms with Crippen LogP contribution in [-0.4, -0.2) is 19.0 Å². The highest BCUT2D eigenvalue weighted by molar-refractivity contribution is 7.86. The summed E-state index contributed by atoms with van der Waals surface area (Å²) in [4.78, 5) is 11.8. The van der Waals surface area contributed by atoms with Gasteiger partial charge in [-0.3, -0.25) is 4.55 Å². The number of nitrogens with one attached hydrogen (secondary N) is 2. The molecule has 0 fully saturated rings. The van der Waals surface area contributed by atoms with Gasteiger partial charge in [-0.05, 0) is 42.5 Å². The fraction of sp³-hybridized carbons (Fsp3) is 0.0500. The fourth-order valence-electron chi connectivity index (χ4n) is 2.61. The molecule has 0 unspecified atom stereocenters. The van der Waals surface area contributed by atoms with Gasteiger partial charge in [0.05, 0.1) is 11.3 Å². The first-order chi connectivity index (χ1) is 14.9. The summed E-state index contributed by atoms with van der Waals surface area (Å²) in [6.07, 6.45) is -4.57. The first kappa shape index (κ1) is 23.4. The maximum atomic E-state index is 12.8. The Morgan fingerprint density at radius 1 is 0.938 bits per heavy atom. The Morgan fingerprint density at radius 2 is 1.66 bits per heavy atom. The van der Waals surface area contributed by atoms with Crippen molar-refractivity contribution in [1.82, 2.24) is 0 Å². The number of anilines is 2. The van der Waals surface area contributed by atoms with Gasteiger partial charge in [0.25, 0.3) is 10.1 Å². The van der Waals surface area contributed by atoms with Crippen molar-refractivity contribution >= 4 is 39.1 Å². The van der Waals surface area contributed by atoms with Gasteiger partial charge in [0.2, 0.25) is 0 Å². The van der Waals surface area contributed by atoms with Gasteiger partial charge in [-0.2, -0.15) is 21.6 Å². The van der Waals surface area contributed by atoms with E-state index in [1.807, 2.05) is 0 Å². The monoisotopic (exact) mass is 486 g/mol. The Hall–Kier alpha value is -3.28. The van der Waals surface area contributed by atoms with Crippen LogP contribution in [0.1, 0.15) is 5.56 Å². The van der Waals surface area contributed by atoms with E-state index in [-0.39, 0.29) is 27.9 Å². The van der Waals surface area contributed by atoms with E-state index in [4.69, 9.17) is 16.3 Å². The summed E-state index contributed by atoms with van der Waals surface area (Å²) in [6.45, 7) is 0. The molecule has 12 heteroatoms. The molecule has 0 saturated carbocycles. The zero-order chi connectivity index (χ0) is 23.5. The summed E-state index contributed by atoms with van der Waals surface area (Å²) in [6, 6.07) is 12.5. The van der Waals surface area contributed by atoms with Crippen LogP contribution in [0.3, 0.4) is 0 Å². The highest BCUT2D eigenvalue weighted by Gasteiger charge is 2.30. The van der Waals surface area contributed by atoms with Crippen molar-refractivity contribution in [1.29, 1.82) is 0 Å². The number of ether oxygens (including phenoxy) is 1. The van der Waals surface area contributed by atoms with Crippen LogP contribution in [0.2, 0.25) is 5.02 Å². The summed E-state index contributed by atoms with van der Waals surface area (Å²) in [5, 5.41) is 4.81. The Balaban J connectivity index is 1.83. The summed E-state index contributed by atoms with van der Waals surface area (Å²) >= 11 is 5.88. The number of carbonyl (C=O) groups is 1. The number of benzene rings is 3. The zero-order valence-electron chi connectivity index (χ0n) is 15.9. The molecule has 3 rings (SSSR count). The highest BCUT2D eigenvalue weighted by Crippen LogP contribution is 2.35. The second kappa shape index (κ2) is 9.07. The second-order valence-corrected chi connectivity index (χ2v) is 8.15. The van der Waals surface area contributed by atoms with Gasteiger partial charge >= 0.3 is 12.2 Å². The van der Waals surface area contributed by atoms with Gasteiger partial charge in [-0.1, -0.05) is 29.8 Å². The number of hydrogen-bond acceptors (Lipinski definition) is 4. The van der Waals surface area contributed by atoms with Crippen molar-refractivity contribution < 1.29 is 35.7 Å². The molecule has 3 N–H and O–H groups in total. The lowest BCUT2D eigenvalue weighted by atomic mass is 10.2. The number of halogens is 4. The number of urea groups is 1. The maximum absolute atomic E-state index is 12.8. The van der Waals surface area contributed by atoms with Crippen LogP contribution in [-0.2, 0) is 16.3 Å². The molecule has 32 heavy (non-hydrogen) atoms. The quantitative estimate of drug-likeness (QED) is 0.381. The Kier molecular flexibility index (Phi) is 6.63. The SMILES string of the molecule is O=C(Nc1cccc(C(F)(F)F)c1)Nc1ccccc1Oc1cc(Cl)ccc1S(=O)(=O)O. The first-order valence-corrected chi connectivity index (χ1v) is 10.5. The molecule has 0 spiro atoms. The van der Waals surface area contributed by atoms with E-state index in [9.17, 15) is 30.9 Å². The van der Waals surface area contributed by atoms with E-state index in [2.05, 4.69) is 10.6 Å². The van der Waals surface area contributed by atoms with Crippen LogP contribution in [0.15, 0.2) is 71.6 Å². The van der Waals surface area contributed by atoms with Gasteiger partial charge in [0.1, 0.15) is 10.6 Å². The Morgan fingerprint density at radius 3 is 2.34 bits per heavy atom. The van der Waals surface area contributed by atoms with Crippen molar-refractivity contribution in [3.8, 4) is 11.5 Å². The van der Waals surface area contributed by atoms with Crippen LogP contribution in [0.4, 0.5) is 29.3 Å². The van der Waals surface area contributed by atoms with Crippen LogP contribution in [0.5, 0.6) is 11.5 Å². The lowest BCUT2D eigenvalue weighted by molar-refractivity contribution is -0.137. The van der Waals surface area contributed by atoms with Crippen LogP contribution in [0, 0.1) is 0 Å². The summed E-state index contributed by atoms with van der Waals surface area (Å²) in [5.41, 5.74) is -0.963. The lowest BCUT2D eigenvalue weighted by Crippen LogP contribution is -2.20. The zero-order valence-corrected chi connectivity index (χ0v) is 17.4. The molecule has 2 amide bonds. The predicted molar refractivity (Wildman–Crippen MR) is 112 cm³/mol. The minimum atomic E-state index is -4.64. The van der Waals surface area contributed by atoms with E-state index in [0.29, 0.717) is 0 Å². The molecule has 0 saturated heterocycles. The average Bonchev–Trinajstić information content (AvgIpc) is 2.68. The van der Waals surface area contributed by atoms with Gasteiger partial charge in [0.15, 0.2) is 5.75 Å². The third-order valence-corrected chi connectivity index (χ3v) is 5.11. The van der Waals surface area contributed by atoms with Gasteiger partial charge in [-0.15, -0.1) is 0 Å². The summed E-state index contributed by atoms with van der Waals surface area (Å²) in [5.74, 6) is -0.314. The summed E-state index contributed by atoms with van der Waals surface area (Å²) < 4.78 is 76.6. The van der Waals surface area contributed by atoms with Crippen LogP contribution < -0.4 is 15.4 Å². The maximum Gasteiger partial charge on any atom is 0.416 e. The lowest BCUT2D eigenvalue weighted by Gasteiger charge is -2.15. The smallest absolute Gasteiger partial charge is 0.416 e. The predicted octanol–water partition coefficient (Wildman–Crippen LogP) is 6.04. The molecule has 0 aliphatic carbocycles. The number of carbonyl (C=O) groups excluding carboxylic acids is 1. The molecule has 0 heterocycles. The first-order valence-electron chi connectivity index (χ1n) is 8.73. The topological polar surface area (TPSA) is 105 Å². The van der Waals surface area contributed by atoms with Gasteiger partial charge < -0.3 is 15.4 Å². The standard InChI is InChI=1S/C20H14ClF3N2O5S/c21-13-8-9-18(32(28,29)30)17(11-13)31-16-7-2-1-6-15(16)26-19(27)25-14-5-3-4-12(10-14)20(22,23)24/h1-11H,(H2,25,26,27)(H,28,29,30). The second-order valence-electron chi connectivity index (χ2n) is 6.32. The molecule has 0 radical (unpaired) electrons. The molecule has 0 aliphatic rings. The average molecular weight is 487 g/mol. The largest absolute Gasteiger partial charge is 0.454 e. The van der Waals surface area contributed by atoms with Gasteiger partial charge in [0, 0.05) is 16.8 Å². The van der Waals surface area contributed by atoms with Crippen molar-refractivity contribution in [3.63, 3.8) is 0 Å². The molecular formula is C20H14ClF3N2O5S. The number of rotatable bonds is 5. The molecule has 0 atom stereocenters. The number of alkyl halides is 3. The molecule has 0 bridgehead atoms. The van der Waals surface area contributed by atoms with Gasteiger partial charge in [-0.25, -0.2) is 4.79 Å². The minimum absolute atomic E-state index is 0.0149. The van der Waals surface area contributed by atoms with E-state index < -0.39 is 32.8 Å². The molecular weight excluding hydrogens is 473 g/mol. The Labute approximate surface area is 185 Å². The molecule has 7 nitrogen and oxygen atoms in total. The molecule has 168 valence electrons. The van der Waals surface area contributed by atoms with E-state index in [1.165, 1.54) is 36.4 Å². The third kappa shape index (κ3) is 5.90. The van der Waals surface area contributed by atoms with Crippen molar-refractivity contribution in [2.75, 3.05) is 10.6 Å². The summed E-state index contributed by atoms with van der Waals surface area (Å²) in [7, 11) is -4.64. The number of para-hydroxylation sites is 2. The Bertz CT molecular complexity index is 1270. The molecule has 3 aromatic carbocycles. The third-order valence-electron chi connectivity index (χ3n) is 3.99. The highest BCUT2D eigenvalue weighted by atomic mass is 35.5. The number of amides is 2. The fourth-order valence-corrected chi connectivity index (χ4v) is 3.37. The molecule has 0 aromatic heterocycles. The van der Waals surface area contributed by atoms with E-state index in [0.717, 1.165) is 30.3 Å². The number of hydrogen-bond donors (Lipinski definition) is 3. The van der Waals surface area contributed by atoms with Crippen molar-refractivity contribution in [3.05, 3.63) is 77.3 Å². The van der Waals surface area contributed by atoms with E-state index in [1.54, 1.807) is 0 Å². The van der Waals surface area contributed by atoms with Crippen molar-refractivity contribution in [2.24, 2.45) is 0 Å². The van der Waals surface area contributed by atoms with Crippen LogP contribution >= 0.6 is 11.6 Å². The minimum Gasteiger partial charge on any atom is -0.454 e. The molecule has 3 aromatic rings. The van der Waals surface area contributed by atoms with Crippen LogP contribution in [0.25, 0.3) is 0 Å².